The van der Waals surface area contributed by atoms with Gasteiger partial charge < -0.3 is 9.27 Å². The summed E-state index contributed by atoms with van der Waals surface area (Å²) in [6, 6.07) is 3.59. The van der Waals surface area contributed by atoms with Crippen LogP contribution in [0.1, 0.15) is 0 Å². The molecule has 1 radical (unpaired) electrons. The van der Waals surface area contributed by atoms with E-state index in [2.05, 4.69) is 0 Å². The van der Waals surface area contributed by atoms with E-state index < -0.39 is 16.2 Å². The maximum atomic E-state index is 10.4. The van der Waals surface area contributed by atoms with Crippen molar-refractivity contribution in [3.63, 3.8) is 0 Å². The van der Waals surface area contributed by atoms with Crippen LogP contribution in [0.2, 0.25) is 5.02 Å². The van der Waals surface area contributed by atoms with Gasteiger partial charge in [-0.3, -0.25) is 14.3 Å². The number of hydrogen-bond acceptors (Lipinski definition) is 4. The van der Waals surface area contributed by atoms with Gasteiger partial charge in [-0.15, -0.1) is 0 Å². The van der Waals surface area contributed by atoms with E-state index in [9.17, 15) is 18.9 Å². The van der Waals surface area contributed by atoms with E-state index in [1.54, 1.807) is 0 Å². The third-order valence-electron chi connectivity index (χ3n) is 1.35. The molecule has 0 aromatic heterocycles. The Morgan fingerprint density at radius 2 is 2.07 bits per heavy atom. The van der Waals surface area contributed by atoms with Crippen molar-refractivity contribution < 1.29 is 13.7 Å². The molecule has 0 amide bonds. The molecule has 0 spiro atoms. The minimum absolute atomic E-state index is 0. The normalized spacial score (nSPS) is 11.3. The fourth-order valence-corrected chi connectivity index (χ4v) is 1.35. The van der Waals surface area contributed by atoms with Gasteiger partial charge in [0.2, 0.25) is 0 Å². The van der Waals surface area contributed by atoms with Gasteiger partial charge >= 0.3 is 0 Å². The molecule has 0 aliphatic carbocycles. The van der Waals surface area contributed by atoms with Crippen LogP contribution in [0, 0.1) is 10.1 Å². The first-order chi connectivity index (χ1) is 6.50. The Kier molecular flexibility index (Phi) is 6.34. The predicted octanol–water partition coefficient (Wildman–Crippen LogP) is 1.07. The quantitative estimate of drug-likeness (QED) is 0.380. The standard InChI is InChI=1S/C6H5ClN2O4S.Na/c7-4-1-2-6(9(10)11)5(3-4)8-14(12)13;/h1-3,8H,(H,12,13);/p-1. The Morgan fingerprint density at radius 1 is 1.47 bits per heavy atom. The molecule has 0 aliphatic heterocycles. The first-order valence-electron chi connectivity index (χ1n) is 3.30. The molecule has 0 saturated carbocycles. The third-order valence-corrected chi connectivity index (χ3v) is 1.97. The molecule has 1 N–H and O–H groups in total. The first-order valence-corrected chi connectivity index (χ1v) is 4.76. The summed E-state index contributed by atoms with van der Waals surface area (Å²) < 4.78 is 22.4. The average Bonchev–Trinajstić information content (AvgIpc) is 2.01. The van der Waals surface area contributed by atoms with Crippen LogP contribution in [0.3, 0.4) is 0 Å². The van der Waals surface area contributed by atoms with E-state index in [1.807, 2.05) is 4.72 Å². The second-order valence-corrected chi connectivity index (χ2v) is 3.37. The Hall–Kier alpha value is -0.180. The van der Waals surface area contributed by atoms with Crippen molar-refractivity contribution in [1.29, 1.82) is 0 Å². The minimum Gasteiger partial charge on any atom is -0.755 e. The molecular weight excluding hydrogens is 255 g/mol. The van der Waals surface area contributed by atoms with Crippen molar-refractivity contribution in [2.24, 2.45) is 0 Å². The van der Waals surface area contributed by atoms with E-state index in [0.29, 0.717) is 0 Å². The maximum absolute atomic E-state index is 10.4. The molecule has 1 atom stereocenters. The number of rotatable bonds is 3. The molecular formula is C6H4ClN2NaO4S-. The number of nitro benzene ring substituents is 1. The van der Waals surface area contributed by atoms with E-state index >= 15 is 0 Å². The zero-order valence-corrected chi connectivity index (χ0v) is 11.2. The number of anilines is 1. The van der Waals surface area contributed by atoms with Crippen LogP contribution in [0.25, 0.3) is 0 Å². The number of nitro groups is 1. The summed E-state index contributed by atoms with van der Waals surface area (Å²) in [6.45, 7) is 0. The number of benzene rings is 1. The summed E-state index contributed by atoms with van der Waals surface area (Å²) >= 11 is 2.93. The predicted molar refractivity (Wildman–Crippen MR) is 56.4 cm³/mol. The summed E-state index contributed by atoms with van der Waals surface area (Å²) in [4.78, 5) is 9.73. The van der Waals surface area contributed by atoms with Crippen LogP contribution in [-0.4, -0.2) is 43.2 Å². The molecule has 9 heteroatoms. The van der Waals surface area contributed by atoms with Crippen LogP contribution in [0.5, 0.6) is 0 Å². The second kappa shape index (κ2) is 6.41. The molecule has 0 heterocycles. The summed E-state index contributed by atoms with van der Waals surface area (Å²) in [5.74, 6) is 0. The molecule has 1 unspecified atom stereocenters. The number of hydrogen-bond donors (Lipinski definition) is 1. The second-order valence-electron chi connectivity index (χ2n) is 2.26. The van der Waals surface area contributed by atoms with E-state index in [4.69, 9.17) is 11.6 Å². The molecule has 77 valence electrons. The average molecular weight is 259 g/mol. The van der Waals surface area contributed by atoms with Crippen molar-refractivity contribution in [3.05, 3.63) is 33.3 Å². The molecule has 0 fully saturated rings. The van der Waals surface area contributed by atoms with Gasteiger partial charge in [0.05, 0.1) is 4.92 Å². The van der Waals surface area contributed by atoms with Crippen molar-refractivity contribution >= 4 is 63.8 Å². The van der Waals surface area contributed by atoms with E-state index in [0.717, 1.165) is 12.1 Å². The van der Waals surface area contributed by atoms with Crippen molar-refractivity contribution in [2.75, 3.05) is 4.72 Å². The summed E-state index contributed by atoms with van der Waals surface area (Å²) in [5.41, 5.74) is -0.505. The SMILES string of the molecule is O=[N+]([O-])c1ccc(Cl)cc1NS(=O)[O-].[Na]. The fraction of sp³-hybridized carbons (Fsp3) is 0. The Morgan fingerprint density at radius 3 is 2.53 bits per heavy atom. The van der Waals surface area contributed by atoms with Gasteiger partial charge in [0, 0.05) is 51.9 Å². The van der Waals surface area contributed by atoms with Crippen molar-refractivity contribution in [3.8, 4) is 0 Å². The minimum atomic E-state index is -2.61. The molecule has 15 heavy (non-hydrogen) atoms. The Bertz CT molecular complexity index is 403. The summed E-state index contributed by atoms with van der Waals surface area (Å²) in [7, 11) is 0. The zero-order valence-electron chi connectivity index (χ0n) is 7.60. The van der Waals surface area contributed by atoms with Gasteiger partial charge in [0.25, 0.3) is 5.69 Å². The first kappa shape index (κ1) is 14.8. The Labute approximate surface area is 115 Å². The molecule has 1 aromatic rings. The molecule has 0 bridgehead atoms. The summed E-state index contributed by atoms with van der Waals surface area (Å²) in [6.07, 6.45) is 0. The van der Waals surface area contributed by atoms with Crippen LogP contribution >= 0.6 is 11.6 Å². The van der Waals surface area contributed by atoms with E-state index in [-0.39, 0.29) is 46.0 Å². The summed E-state index contributed by atoms with van der Waals surface area (Å²) in [5, 5.41) is 10.6. The van der Waals surface area contributed by atoms with Gasteiger partial charge in [-0.25, -0.2) is 0 Å². The third kappa shape index (κ3) is 4.45. The number of nitrogens with zero attached hydrogens (tertiary/aromatic N) is 1. The molecule has 1 aromatic carbocycles. The van der Waals surface area contributed by atoms with Crippen molar-refractivity contribution in [1.82, 2.24) is 0 Å². The van der Waals surface area contributed by atoms with Crippen LogP contribution in [0.15, 0.2) is 18.2 Å². The van der Waals surface area contributed by atoms with Crippen LogP contribution in [-0.2, 0) is 11.3 Å². The van der Waals surface area contributed by atoms with Crippen LogP contribution < -0.4 is 4.72 Å². The van der Waals surface area contributed by atoms with Gasteiger partial charge in [-0.05, 0) is 12.1 Å². The maximum Gasteiger partial charge on any atom is 0.293 e. The Balaban J connectivity index is 0.00000196. The number of nitrogens with one attached hydrogen (secondary N) is 1. The smallest absolute Gasteiger partial charge is 0.293 e. The van der Waals surface area contributed by atoms with Gasteiger partial charge in [-0.1, -0.05) is 11.6 Å². The van der Waals surface area contributed by atoms with Crippen molar-refractivity contribution in [2.45, 2.75) is 0 Å². The van der Waals surface area contributed by atoms with Crippen LogP contribution in [0.4, 0.5) is 11.4 Å². The molecule has 1 rings (SSSR count). The topological polar surface area (TPSA) is 95.3 Å². The monoisotopic (exact) mass is 258 g/mol. The van der Waals surface area contributed by atoms with E-state index in [1.165, 1.54) is 6.07 Å². The molecule has 6 nitrogen and oxygen atoms in total. The van der Waals surface area contributed by atoms with Gasteiger partial charge in [-0.2, -0.15) is 0 Å². The number of halogens is 1. The van der Waals surface area contributed by atoms with Gasteiger partial charge in [0.1, 0.15) is 5.69 Å². The zero-order chi connectivity index (χ0) is 10.7. The van der Waals surface area contributed by atoms with Gasteiger partial charge in [0.15, 0.2) is 0 Å². The fourth-order valence-electron chi connectivity index (χ4n) is 0.839. The molecule has 0 aliphatic rings. The largest absolute Gasteiger partial charge is 0.755 e. The molecule has 0 saturated heterocycles.